The van der Waals surface area contributed by atoms with Gasteiger partial charge in [0.2, 0.25) is 0 Å². The number of hydrogen-bond donors (Lipinski definition) is 1. The highest BCUT2D eigenvalue weighted by atomic mass is 19.4. The first-order chi connectivity index (χ1) is 10.2. The highest BCUT2D eigenvalue weighted by Crippen LogP contribution is 2.30. The summed E-state index contributed by atoms with van der Waals surface area (Å²) in [5.41, 5.74) is 5.05. The zero-order chi connectivity index (χ0) is 16.5. The second-order valence-electron chi connectivity index (χ2n) is 4.35. The fourth-order valence-electron chi connectivity index (χ4n) is 1.89. The van der Waals surface area contributed by atoms with Gasteiger partial charge in [0, 0.05) is 5.56 Å². The fraction of sp³-hybridized carbons (Fsp3) is 0.143. The van der Waals surface area contributed by atoms with Crippen LogP contribution in [0.3, 0.4) is 0 Å². The van der Waals surface area contributed by atoms with Crippen molar-refractivity contribution in [3.8, 4) is 5.75 Å². The number of halogens is 6. The van der Waals surface area contributed by atoms with Crippen molar-refractivity contribution in [3.63, 3.8) is 0 Å². The average molecular weight is 321 g/mol. The van der Waals surface area contributed by atoms with Crippen molar-refractivity contribution >= 4 is 0 Å². The van der Waals surface area contributed by atoms with E-state index in [0.717, 1.165) is 24.3 Å². The van der Waals surface area contributed by atoms with Crippen LogP contribution >= 0.6 is 0 Å². The Hall–Kier alpha value is -2.22. The standard InChI is InChI=1S/C14H9F6NO/c15-8-2-1-3-9(16)12(8)13(21)7-4-5-11(10(17)6-7)22-14(18,19)20/h1-6,13H,21H2. The lowest BCUT2D eigenvalue weighted by Crippen LogP contribution is -2.19. The van der Waals surface area contributed by atoms with E-state index in [-0.39, 0.29) is 5.56 Å². The number of hydrogen-bond acceptors (Lipinski definition) is 2. The summed E-state index contributed by atoms with van der Waals surface area (Å²) in [7, 11) is 0. The van der Waals surface area contributed by atoms with Crippen molar-refractivity contribution < 1.29 is 31.1 Å². The zero-order valence-corrected chi connectivity index (χ0v) is 10.8. The average Bonchev–Trinajstić information content (AvgIpc) is 2.39. The number of alkyl halides is 3. The van der Waals surface area contributed by atoms with Crippen LogP contribution in [0.25, 0.3) is 0 Å². The van der Waals surface area contributed by atoms with Gasteiger partial charge in [0.05, 0.1) is 6.04 Å². The molecule has 2 N–H and O–H groups in total. The highest BCUT2D eigenvalue weighted by Gasteiger charge is 2.32. The molecule has 8 heteroatoms. The molecule has 22 heavy (non-hydrogen) atoms. The van der Waals surface area contributed by atoms with Crippen LogP contribution in [0.2, 0.25) is 0 Å². The number of rotatable bonds is 3. The fourth-order valence-corrected chi connectivity index (χ4v) is 1.89. The minimum absolute atomic E-state index is 0.101. The van der Waals surface area contributed by atoms with Gasteiger partial charge in [-0.3, -0.25) is 0 Å². The molecule has 0 aliphatic carbocycles. The van der Waals surface area contributed by atoms with Gasteiger partial charge >= 0.3 is 6.36 Å². The Morgan fingerprint density at radius 2 is 1.50 bits per heavy atom. The lowest BCUT2D eigenvalue weighted by molar-refractivity contribution is -0.275. The van der Waals surface area contributed by atoms with Gasteiger partial charge in [-0.15, -0.1) is 13.2 Å². The molecule has 0 aliphatic rings. The molecule has 2 nitrogen and oxygen atoms in total. The summed E-state index contributed by atoms with van der Waals surface area (Å²) >= 11 is 0. The Labute approximate surface area is 121 Å². The summed E-state index contributed by atoms with van der Waals surface area (Å²) in [5.74, 6) is -4.29. The third kappa shape index (κ3) is 3.51. The van der Waals surface area contributed by atoms with E-state index in [0.29, 0.717) is 12.1 Å². The molecule has 0 fully saturated rings. The van der Waals surface area contributed by atoms with Crippen molar-refractivity contribution in [2.45, 2.75) is 12.4 Å². The summed E-state index contributed by atoms with van der Waals surface area (Å²) in [6.07, 6.45) is -5.05. The van der Waals surface area contributed by atoms with E-state index in [2.05, 4.69) is 4.74 Å². The van der Waals surface area contributed by atoms with Gasteiger partial charge in [-0.1, -0.05) is 12.1 Å². The Bertz CT molecular complexity index is 665. The molecular formula is C14H9F6NO. The molecule has 0 radical (unpaired) electrons. The Kier molecular flexibility index (Phi) is 4.32. The molecule has 0 saturated heterocycles. The summed E-state index contributed by atoms with van der Waals surface area (Å²) in [5, 5.41) is 0. The smallest absolute Gasteiger partial charge is 0.403 e. The summed E-state index contributed by atoms with van der Waals surface area (Å²) in [6, 6.07) is 4.01. The molecule has 2 rings (SSSR count). The van der Waals surface area contributed by atoms with Crippen molar-refractivity contribution in [1.29, 1.82) is 0 Å². The molecule has 1 unspecified atom stereocenters. The van der Waals surface area contributed by atoms with Gasteiger partial charge in [-0.2, -0.15) is 0 Å². The van der Waals surface area contributed by atoms with Gasteiger partial charge < -0.3 is 10.5 Å². The molecule has 0 saturated carbocycles. The van der Waals surface area contributed by atoms with Crippen LogP contribution in [-0.4, -0.2) is 6.36 Å². The molecule has 2 aromatic rings. The molecule has 0 aromatic heterocycles. The van der Waals surface area contributed by atoms with Crippen molar-refractivity contribution in [3.05, 3.63) is 65.0 Å². The van der Waals surface area contributed by atoms with Crippen LogP contribution in [0, 0.1) is 17.5 Å². The lowest BCUT2D eigenvalue weighted by atomic mass is 9.98. The number of benzene rings is 2. The van der Waals surface area contributed by atoms with E-state index in [1.165, 1.54) is 0 Å². The van der Waals surface area contributed by atoms with Gasteiger partial charge in [-0.25, -0.2) is 13.2 Å². The first kappa shape index (κ1) is 16.2. The Morgan fingerprint density at radius 1 is 0.909 bits per heavy atom. The predicted octanol–water partition coefficient (Wildman–Crippen LogP) is 4.05. The van der Waals surface area contributed by atoms with E-state index >= 15 is 0 Å². The van der Waals surface area contributed by atoms with E-state index in [1.54, 1.807) is 0 Å². The molecule has 2 aromatic carbocycles. The SMILES string of the molecule is NC(c1ccc(OC(F)(F)F)c(F)c1)c1c(F)cccc1F. The van der Waals surface area contributed by atoms with Crippen molar-refractivity contribution in [1.82, 2.24) is 0 Å². The minimum atomic E-state index is -5.05. The molecule has 0 amide bonds. The summed E-state index contributed by atoms with van der Waals surface area (Å²) in [4.78, 5) is 0. The van der Waals surface area contributed by atoms with Crippen LogP contribution < -0.4 is 10.5 Å². The van der Waals surface area contributed by atoms with Crippen LogP contribution in [0.4, 0.5) is 26.3 Å². The molecule has 118 valence electrons. The maximum absolute atomic E-state index is 13.6. The van der Waals surface area contributed by atoms with Crippen molar-refractivity contribution in [2.75, 3.05) is 0 Å². The molecular weight excluding hydrogens is 312 g/mol. The van der Waals surface area contributed by atoms with E-state index in [4.69, 9.17) is 5.73 Å². The predicted molar refractivity (Wildman–Crippen MR) is 65.5 cm³/mol. The highest BCUT2D eigenvalue weighted by molar-refractivity contribution is 5.37. The second-order valence-corrected chi connectivity index (χ2v) is 4.35. The number of ether oxygens (including phenoxy) is 1. The zero-order valence-electron chi connectivity index (χ0n) is 10.8. The summed E-state index contributed by atoms with van der Waals surface area (Å²) < 4.78 is 80.4. The van der Waals surface area contributed by atoms with E-state index < -0.39 is 41.2 Å². The first-order valence-electron chi connectivity index (χ1n) is 5.93. The second kappa shape index (κ2) is 5.88. The normalized spacial score (nSPS) is 13.0. The molecule has 0 aliphatic heterocycles. The monoisotopic (exact) mass is 321 g/mol. The van der Waals surface area contributed by atoms with E-state index in [9.17, 15) is 26.3 Å². The lowest BCUT2D eigenvalue weighted by Gasteiger charge is -2.16. The Balaban J connectivity index is 2.36. The third-order valence-electron chi connectivity index (χ3n) is 2.85. The molecule has 0 spiro atoms. The van der Waals surface area contributed by atoms with Crippen molar-refractivity contribution in [2.24, 2.45) is 5.73 Å². The largest absolute Gasteiger partial charge is 0.573 e. The first-order valence-corrected chi connectivity index (χ1v) is 5.93. The molecule has 0 heterocycles. The van der Waals surface area contributed by atoms with Gasteiger partial charge in [0.25, 0.3) is 0 Å². The van der Waals surface area contributed by atoms with Gasteiger partial charge in [0.1, 0.15) is 11.6 Å². The number of nitrogens with two attached hydrogens (primary N) is 1. The van der Waals surface area contributed by atoms with E-state index in [1.807, 2.05) is 0 Å². The van der Waals surface area contributed by atoms with Crippen LogP contribution in [-0.2, 0) is 0 Å². The van der Waals surface area contributed by atoms with Crippen LogP contribution in [0.5, 0.6) is 5.75 Å². The molecule has 0 bridgehead atoms. The third-order valence-corrected chi connectivity index (χ3v) is 2.85. The van der Waals surface area contributed by atoms with Gasteiger partial charge in [0.15, 0.2) is 11.6 Å². The minimum Gasteiger partial charge on any atom is -0.403 e. The molecule has 1 atom stereocenters. The van der Waals surface area contributed by atoms with Crippen LogP contribution in [0.15, 0.2) is 36.4 Å². The van der Waals surface area contributed by atoms with Crippen LogP contribution in [0.1, 0.15) is 17.2 Å². The topological polar surface area (TPSA) is 35.2 Å². The Morgan fingerprint density at radius 3 is 2.00 bits per heavy atom. The summed E-state index contributed by atoms with van der Waals surface area (Å²) in [6.45, 7) is 0. The van der Waals surface area contributed by atoms with Gasteiger partial charge in [-0.05, 0) is 29.8 Å². The maximum atomic E-state index is 13.6. The maximum Gasteiger partial charge on any atom is 0.573 e. The quantitative estimate of drug-likeness (QED) is 0.866.